The summed E-state index contributed by atoms with van der Waals surface area (Å²) in [6.07, 6.45) is 0. The highest BCUT2D eigenvalue weighted by Gasteiger charge is 2.14. The van der Waals surface area contributed by atoms with Crippen LogP contribution >= 0.6 is 0 Å². The molecule has 150 valence electrons. The van der Waals surface area contributed by atoms with E-state index < -0.39 is 10.8 Å². The highest BCUT2D eigenvalue weighted by atomic mass is 16.6. The fraction of sp³-hybridized carbons (Fsp3) is 0. The van der Waals surface area contributed by atoms with Gasteiger partial charge in [-0.25, -0.2) is 4.98 Å². The smallest absolute Gasteiger partial charge is 0.270 e. The summed E-state index contributed by atoms with van der Waals surface area (Å²) in [6, 6.07) is 24.7. The van der Waals surface area contributed by atoms with Crippen LogP contribution in [0.15, 0.2) is 89.3 Å². The van der Waals surface area contributed by atoms with Gasteiger partial charge in [0.1, 0.15) is 5.52 Å². The molecule has 7 heteroatoms. The van der Waals surface area contributed by atoms with Crippen LogP contribution in [0, 0.1) is 10.1 Å². The zero-order valence-electron chi connectivity index (χ0n) is 16.1. The second-order valence-electron chi connectivity index (χ2n) is 6.99. The lowest BCUT2D eigenvalue weighted by atomic mass is 10.0. The number of rotatable bonds is 4. The molecule has 31 heavy (non-hydrogen) atoms. The Hall–Kier alpha value is -4.52. The number of oxazole rings is 1. The Morgan fingerprint density at radius 3 is 2.61 bits per heavy atom. The third-order valence-corrected chi connectivity index (χ3v) is 4.98. The van der Waals surface area contributed by atoms with Crippen LogP contribution in [-0.4, -0.2) is 15.8 Å². The molecule has 1 aromatic heterocycles. The van der Waals surface area contributed by atoms with Gasteiger partial charge in [0.2, 0.25) is 5.89 Å². The predicted molar refractivity (Wildman–Crippen MR) is 118 cm³/mol. The van der Waals surface area contributed by atoms with E-state index in [0.29, 0.717) is 22.7 Å². The van der Waals surface area contributed by atoms with Crippen molar-refractivity contribution in [1.29, 1.82) is 0 Å². The maximum absolute atomic E-state index is 12.5. The molecular weight excluding hydrogens is 394 g/mol. The lowest BCUT2D eigenvalue weighted by Gasteiger charge is -2.04. The molecule has 4 aromatic carbocycles. The molecule has 0 aliphatic rings. The molecular formula is C24H15N3O4. The Morgan fingerprint density at radius 1 is 0.935 bits per heavy atom. The summed E-state index contributed by atoms with van der Waals surface area (Å²) in [5.41, 5.74) is 2.65. The first kappa shape index (κ1) is 18.5. The van der Waals surface area contributed by atoms with E-state index in [2.05, 4.69) is 10.3 Å². The molecule has 0 saturated carbocycles. The van der Waals surface area contributed by atoms with Gasteiger partial charge in [-0.15, -0.1) is 0 Å². The Morgan fingerprint density at radius 2 is 1.74 bits per heavy atom. The van der Waals surface area contributed by atoms with Crippen LogP contribution in [0.2, 0.25) is 0 Å². The number of hydrogen-bond acceptors (Lipinski definition) is 5. The van der Waals surface area contributed by atoms with Gasteiger partial charge in [-0.05, 0) is 41.1 Å². The third kappa shape index (κ3) is 3.49. The van der Waals surface area contributed by atoms with Gasteiger partial charge in [0.15, 0.2) is 5.58 Å². The number of aromatic nitrogens is 1. The molecule has 1 N–H and O–H groups in total. The van der Waals surface area contributed by atoms with Crippen molar-refractivity contribution in [2.24, 2.45) is 0 Å². The molecule has 0 aliphatic carbocycles. The van der Waals surface area contributed by atoms with Crippen molar-refractivity contribution in [3.63, 3.8) is 0 Å². The molecule has 0 atom stereocenters. The first-order valence-electron chi connectivity index (χ1n) is 9.53. The molecule has 5 aromatic rings. The van der Waals surface area contributed by atoms with Gasteiger partial charge < -0.3 is 9.73 Å². The van der Waals surface area contributed by atoms with Crippen LogP contribution in [0.5, 0.6) is 0 Å². The largest absolute Gasteiger partial charge is 0.436 e. The number of fused-ring (bicyclic) bond motifs is 2. The second kappa shape index (κ2) is 7.38. The summed E-state index contributed by atoms with van der Waals surface area (Å²) in [5.74, 6) is 0.0507. The maximum Gasteiger partial charge on any atom is 0.270 e. The monoisotopic (exact) mass is 409 g/mol. The standard InChI is InChI=1S/C24H15N3O4/c28-23(16-7-3-8-18(13-16)27(29)30)25-17-11-12-22-21(14-17)26-24(31-22)20-10-4-6-15-5-1-2-9-19(15)20/h1-14H,(H,25,28). The summed E-state index contributed by atoms with van der Waals surface area (Å²) in [6.45, 7) is 0. The Kier molecular flexibility index (Phi) is 4.41. The summed E-state index contributed by atoms with van der Waals surface area (Å²) in [7, 11) is 0. The maximum atomic E-state index is 12.5. The topological polar surface area (TPSA) is 98.3 Å². The van der Waals surface area contributed by atoms with Crippen molar-refractivity contribution in [2.45, 2.75) is 0 Å². The lowest BCUT2D eigenvalue weighted by Crippen LogP contribution is -2.12. The predicted octanol–water partition coefficient (Wildman–Crippen LogP) is 5.81. The van der Waals surface area contributed by atoms with Gasteiger partial charge in [-0.2, -0.15) is 0 Å². The van der Waals surface area contributed by atoms with E-state index in [1.165, 1.54) is 24.3 Å². The number of nitro benzene ring substituents is 1. The molecule has 0 spiro atoms. The first-order chi connectivity index (χ1) is 15.1. The van der Waals surface area contributed by atoms with Crippen molar-refractivity contribution in [1.82, 2.24) is 4.98 Å². The lowest BCUT2D eigenvalue weighted by molar-refractivity contribution is -0.384. The van der Waals surface area contributed by atoms with E-state index in [9.17, 15) is 14.9 Å². The van der Waals surface area contributed by atoms with Crippen LogP contribution < -0.4 is 5.32 Å². The molecule has 7 nitrogen and oxygen atoms in total. The van der Waals surface area contributed by atoms with Crippen LogP contribution in [0.4, 0.5) is 11.4 Å². The number of hydrogen-bond donors (Lipinski definition) is 1. The van der Waals surface area contributed by atoms with Crippen molar-refractivity contribution in [3.05, 3.63) is 101 Å². The van der Waals surface area contributed by atoms with Crippen LogP contribution in [-0.2, 0) is 0 Å². The van der Waals surface area contributed by atoms with Gasteiger partial charge in [0.05, 0.1) is 4.92 Å². The quantitative estimate of drug-likeness (QED) is 0.298. The number of amides is 1. The minimum atomic E-state index is -0.535. The van der Waals surface area contributed by atoms with E-state index >= 15 is 0 Å². The van der Waals surface area contributed by atoms with Gasteiger partial charge >= 0.3 is 0 Å². The van der Waals surface area contributed by atoms with Crippen LogP contribution in [0.25, 0.3) is 33.3 Å². The van der Waals surface area contributed by atoms with Gasteiger partial charge in [0, 0.05) is 28.9 Å². The van der Waals surface area contributed by atoms with Crippen molar-refractivity contribution >= 4 is 39.2 Å². The summed E-state index contributed by atoms with van der Waals surface area (Å²) in [5, 5.41) is 15.8. The normalized spacial score (nSPS) is 11.0. The second-order valence-corrected chi connectivity index (χ2v) is 6.99. The molecule has 0 fully saturated rings. The Bertz CT molecular complexity index is 1470. The number of nitrogens with one attached hydrogen (secondary N) is 1. The first-order valence-corrected chi connectivity index (χ1v) is 9.53. The van der Waals surface area contributed by atoms with E-state index in [0.717, 1.165) is 16.3 Å². The molecule has 0 aliphatic heterocycles. The van der Waals surface area contributed by atoms with Gasteiger partial charge in [0.25, 0.3) is 11.6 Å². The average Bonchev–Trinajstić information content (AvgIpc) is 3.22. The van der Waals surface area contributed by atoms with Crippen LogP contribution in [0.1, 0.15) is 10.4 Å². The number of carbonyl (C=O) groups excluding carboxylic acids is 1. The summed E-state index contributed by atoms with van der Waals surface area (Å²) < 4.78 is 5.95. The van der Waals surface area contributed by atoms with E-state index in [1.54, 1.807) is 18.2 Å². The van der Waals surface area contributed by atoms with E-state index in [4.69, 9.17) is 4.42 Å². The van der Waals surface area contributed by atoms with E-state index in [1.807, 2.05) is 42.5 Å². The number of anilines is 1. The fourth-order valence-electron chi connectivity index (χ4n) is 3.50. The Labute approximate surface area is 176 Å². The molecule has 0 unspecified atom stereocenters. The minimum Gasteiger partial charge on any atom is -0.436 e. The number of nitrogens with zero attached hydrogens (tertiary/aromatic N) is 2. The number of carbonyl (C=O) groups is 1. The zero-order valence-corrected chi connectivity index (χ0v) is 16.1. The fourth-order valence-corrected chi connectivity index (χ4v) is 3.50. The SMILES string of the molecule is O=C(Nc1ccc2oc(-c3cccc4ccccc34)nc2c1)c1cccc([N+](=O)[O-])c1. The molecule has 1 heterocycles. The summed E-state index contributed by atoms with van der Waals surface area (Å²) in [4.78, 5) is 27.5. The van der Waals surface area contributed by atoms with Crippen molar-refractivity contribution < 1.29 is 14.1 Å². The number of benzene rings is 4. The Balaban J connectivity index is 1.47. The highest BCUT2D eigenvalue weighted by Crippen LogP contribution is 2.31. The molecule has 0 saturated heterocycles. The van der Waals surface area contributed by atoms with E-state index in [-0.39, 0.29) is 11.3 Å². The molecule has 1 amide bonds. The molecule has 0 bridgehead atoms. The zero-order chi connectivity index (χ0) is 21.4. The highest BCUT2D eigenvalue weighted by molar-refractivity contribution is 6.05. The molecule has 0 radical (unpaired) electrons. The molecule has 5 rings (SSSR count). The minimum absolute atomic E-state index is 0.140. The van der Waals surface area contributed by atoms with Crippen molar-refractivity contribution in [2.75, 3.05) is 5.32 Å². The average molecular weight is 409 g/mol. The van der Waals surface area contributed by atoms with Crippen LogP contribution in [0.3, 0.4) is 0 Å². The summed E-state index contributed by atoms with van der Waals surface area (Å²) >= 11 is 0. The third-order valence-electron chi connectivity index (χ3n) is 4.98. The number of nitro groups is 1. The number of non-ortho nitro benzene ring substituents is 1. The van der Waals surface area contributed by atoms with Crippen molar-refractivity contribution in [3.8, 4) is 11.5 Å². The van der Waals surface area contributed by atoms with Gasteiger partial charge in [-0.3, -0.25) is 14.9 Å². The van der Waals surface area contributed by atoms with Gasteiger partial charge in [-0.1, -0.05) is 42.5 Å².